The van der Waals surface area contributed by atoms with Crippen molar-refractivity contribution in [2.24, 2.45) is 5.92 Å². The third-order valence-corrected chi connectivity index (χ3v) is 8.96. The van der Waals surface area contributed by atoms with Gasteiger partial charge in [-0.3, -0.25) is 0 Å². The molecule has 1 nitrogen and oxygen atoms in total. The van der Waals surface area contributed by atoms with Crippen LogP contribution in [0.1, 0.15) is 112 Å². The Morgan fingerprint density at radius 1 is 0.667 bits per heavy atom. The zero-order valence-corrected chi connectivity index (χ0v) is 20.7. The SMILES string of the molecule is CCCCCOCCCCC.CCC[CH2][Sn][CH2]C(CC)CCCC. The van der Waals surface area contributed by atoms with Crippen molar-refractivity contribution in [3.8, 4) is 0 Å². The quantitative estimate of drug-likeness (QED) is 0.163. The van der Waals surface area contributed by atoms with Gasteiger partial charge in [0, 0.05) is 13.2 Å². The number of rotatable bonds is 17. The summed E-state index contributed by atoms with van der Waals surface area (Å²) in [5.74, 6) is 1.10. The molecule has 0 saturated carbocycles. The number of hydrogen-bond donors (Lipinski definition) is 0. The molecule has 0 aliphatic rings. The van der Waals surface area contributed by atoms with Gasteiger partial charge in [-0.2, -0.15) is 0 Å². The Bertz CT molecular complexity index is 188. The molecule has 0 aromatic carbocycles. The Hall–Kier alpha value is 0.759. The predicted octanol–water partition coefficient (Wildman–Crippen LogP) is 7.93. The van der Waals surface area contributed by atoms with E-state index in [2.05, 4.69) is 34.6 Å². The summed E-state index contributed by atoms with van der Waals surface area (Å²) in [5, 5.41) is 0. The van der Waals surface area contributed by atoms with Crippen LogP contribution in [0.5, 0.6) is 0 Å². The van der Waals surface area contributed by atoms with Crippen LogP contribution in [0.2, 0.25) is 8.87 Å². The van der Waals surface area contributed by atoms with Crippen LogP contribution in [-0.2, 0) is 4.74 Å². The molecule has 0 rings (SSSR count). The van der Waals surface area contributed by atoms with Gasteiger partial charge in [-0.1, -0.05) is 39.5 Å². The van der Waals surface area contributed by atoms with Gasteiger partial charge in [0.1, 0.15) is 0 Å². The summed E-state index contributed by atoms with van der Waals surface area (Å²) < 4.78 is 8.72. The Kier molecular flexibility index (Phi) is 29.2. The first kappa shape index (κ1) is 27.0. The van der Waals surface area contributed by atoms with Gasteiger partial charge in [0.15, 0.2) is 0 Å². The molecule has 0 spiro atoms. The Balaban J connectivity index is 0. The van der Waals surface area contributed by atoms with Crippen molar-refractivity contribution in [3.05, 3.63) is 0 Å². The zero-order chi connectivity index (χ0) is 18.3. The van der Waals surface area contributed by atoms with E-state index in [9.17, 15) is 0 Å². The first-order valence-electron chi connectivity index (χ1n) is 11.0. The van der Waals surface area contributed by atoms with Crippen molar-refractivity contribution in [1.29, 1.82) is 0 Å². The molecule has 0 saturated heterocycles. The van der Waals surface area contributed by atoms with Gasteiger partial charge in [0.05, 0.1) is 0 Å². The summed E-state index contributed by atoms with van der Waals surface area (Å²) in [4.78, 5) is 0. The van der Waals surface area contributed by atoms with Gasteiger partial charge >= 0.3 is 95.2 Å². The summed E-state index contributed by atoms with van der Waals surface area (Å²) in [5.41, 5.74) is 0. The van der Waals surface area contributed by atoms with Gasteiger partial charge in [-0.25, -0.2) is 0 Å². The van der Waals surface area contributed by atoms with Crippen molar-refractivity contribution in [2.45, 2.75) is 121 Å². The fourth-order valence-electron chi connectivity index (χ4n) is 2.56. The van der Waals surface area contributed by atoms with E-state index in [1.807, 2.05) is 0 Å². The number of unbranched alkanes of at least 4 members (excludes halogenated alkanes) is 6. The van der Waals surface area contributed by atoms with Gasteiger partial charge in [-0.05, 0) is 12.8 Å². The molecule has 0 aliphatic carbocycles. The van der Waals surface area contributed by atoms with Crippen molar-refractivity contribution >= 4 is 21.1 Å². The van der Waals surface area contributed by atoms with Gasteiger partial charge in [0.25, 0.3) is 0 Å². The molecule has 2 radical (unpaired) electrons. The van der Waals surface area contributed by atoms with Gasteiger partial charge < -0.3 is 4.74 Å². The van der Waals surface area contributed by atoms with E-state index in [0.717, 1.165) is 19.1 Å². The molecular weight excluding hydrogens is 399 g/mol. The molecule has 0 aromatic rings. The van der Waals surface area contributed by atoms with E-state index in [1.165, 1.54) is 77.0 Å². The second kappa shape index (κ2) is 26.0. The Morgan fingerprint density at radius 2 is 1.21 bits per heavy atom. The zero-order valence-electron chi connectivity index (χ0n) is 17.8. The van der Waals surface area contributed by atoms with E-state index in [0.29, 0.717) is 0 Å². The van der Waals surface area contributed by atoms with E-state index >= 15 is 0 Å². The fraction of sp³-hybridized carbons (Fsp3) is 1.00. The average Bonchev–Trinajstić information content (AvgIpc) is 2.61. The van der Waals surface area contributed by atoms with E-state index in [4.69, 9.17) is 4.74 Å². The Morgan fingerprint density at radius 3 is 1.67 bits per heavy atom. The maximum atomic E-state index is 5.44. The van der Waals surface area contributed by atoms with Crippen molar-refractivity contribution < 1.29 is 4.74 Å². The average molecular weight is 447 g/mol. The Labute approximate surface area is 165 Å². The minimum atomic E-state index is 0.0553. The molecule has 0 bridgehead atoms. The van der Waals surface area contributed by atoms with Crippen molar-refractivity contribution in [3.63, 3.8) is 0 Å². The topological polar surface area (TPSA) is 9.23 Å². The van der Waals surface area contributed by atoms with Crippen LogP contribution in [0.15, 0.2) is 0 Å². The molecule has 0 N–H and O–H groups in total. The molecule has 1 unspecified atom stereocenters. The van der Waals surface area contributed by atoms with Crippen molar-refractivity contribution in [1.82, 2.24) is 0 Å². The second-order valence-electron chi connectivity index (χ2n) is 7.00. The molecule has 0 fully saturated rings. The number of ether oxygens (including phenoxy) is 1. The molecule has 24 heavy (non-hydrogen) atoms. The monoisotopic (exact) mass is 448 g/mol. The van der Waals surface area contributed by atoms with Crippen LogP contribution in [-0.4, -0.2) is 34.4 Å². The minimum absolute atomic E-state index is 0.0553. The van der Waals surface area contributed by atoms with Crippen LogP contribution in [0.25, 0.3) is 0 Å². The molecule has 0 aromatic heterocycles. The molecule has 1 atom stereocenters. The molecule has 0 heterocycles. The standard InChI is InChI=1S/C10H22O.C8H17.C4H9.Sn/c1-3-5-7-9-11-10-8-6-4-2;1-4-6-7-8(3)5-2;1-3-4-2;/h3-10H2,1-2H3;8H,3-7H2,1-2H3;1,3-4H2,2H3;. The van der Waals surface area contributed by atoms with Crippen LogP contribution in [0.3, 0.4) is 0 Å². The van der Waals surface area contributed by atoms with Crippen LogP contribution in [0.4, 0.5) is 0 Å². The first-order chi connectivity index (χ1) is 11.8. The summed E-state index contributed by atoms with van der Waals surface area (Å²) in [6.45, 7) is 13.4. The van der Waals surface area contributed by atoms with E-state index < -0.39 is 0 Å². The van der Waals surface area contributed by atoms with Crippen LogP contribution in [0, 0.1) is 5.92 Å². The van der Waals surface area contributed by atoms with E-state index in [1.54, 1.807) is 8.87 Å². The maximum absolute atomic E-state index is 5.44. The van der Waals surface area contributed by atoms with Crippen molar-refractivity contribution in [2.75, 3.05) is 13.2 Å². The summed E-state index contributed by atoms with van der Waals surface area (Å²) in [7, 11) is 0. The van der Waals surface area contributed by atoms with Crippen LogP contribution >= 0.6 is 0 Å². The van der Waals surface area contributed by atoms with Gasteiger partial charge in [-0.15, -0.1) is 0 Å². The molecule has 0 amide bonds. The van der Waals surface area contributed by atoms with Gasteiger partial charge in [0.2, 0.25) is 0 Å². The molecule has 146 valence electrons. The predicted molar refractivity (Wildman–Crippen MR) is 113 cm³/mol. The molecule has 0 aliphatic heterocycles. The normalized spacial score (nSPS) is 11.9. The molecular formula is C22H48OSn. The second-order valence-corrected chi connectivity index (χ2v) is 11.0. The third-order valence-electron chi connectivity index (χ3n) is 4.47. The summed E-state index contributed by atoms with van der Waals surface area (Å²) in [6, 6.07) is 0. The summed E-state index contributed by atoms with van der Waals surface area (Å²) >= 11 is 0.0553. The van der Waals surface area contributed by atoms with Crippen LogP contribution < -0.4 is 0 Å². The molecule has 2 heteroatoms. The third kappa shape index (κ3) is 25.0. The summed E-state index contributed by atoms with van der Waals surface area (Å²) in [6.07, 6.45) is 16.4. The first-order valence-corrected chi connectivity index (χ1v) is 15.1. The van der Waals surface area contributed by atoms with E-state index in [-0.39, 0.29) is 21.1 Å². The number of hydrogen-bond acceptors (Lipinski definition) is 1. The fourth-order valence-corrected chi connectivity index (χ4v) is 7.44.